The Morgan fingerprint density at radius 2 is 1.89 bits per heavy atom. The van der Waals surface area contributed by atoms with Crippen LogP contribution in [0.1, 0.15) is 11.1 Å². The molecule has 136 valence electrons. The zero-order valence-corrected chi connectivity index (χ0v) is 16.0. The second-order valence-electron chi connectivity index (χ2n) is 5.48. The maximum Gasteiger partial charge on any atom is 0.205 e. The normalized spacial score (nSPS) is 11.6. The molecule has 0 spiro atoms. The van der Waals surface area contributed by atoms with E-state index >= 15 is 0 Å². The molecule has 1 aromatic heterocycles. The van der Waals surface area contributed by atoms with Gasteiger partial charge < -0.3 is 9.47 Å². The number of thiazole rings is 1. The van der Waals surface area contributed by atoms with Crippen molar-refractivity contribution in [2.75, 3.05) is 21.3 Å². The van der Waals surface area contributed by atoms with E-state index in [2.05, 4.69) is 16.2 Å². The van der Waals surface area contributed by atoms with Crippen LogP contribution in [-0.2, 0) is 0 Å². The number of nitriles is 1. The Hall–Kier alpha value is -3.37. The molecule has 1 heterocycles. The summed E-state index contributed by atoms with van der Waals surface area (Å²) in [6.45, 7) is 0. The number of aromatic nitrogens is 1. The molecule has 0 fully saturated rings. The van der Waals surface area contributed by atoms with Crippen molar-refractivity contribution in [2.24, 2.45) is 10.1 Å². The number of benzene rings is 2. The largest absolute Gasteiger partial charge is 0.497 e. The molecule has 27 heavy (non-hydrogen) atoms. The van der Waals surface area contributed by atoms with Gasteiger partial charge in [0.1, 0.15) is 11.5 Å². The summed E-state index contributed by atoms with van der Waals surface area (Å²) in [7, 11) is 4.98. The van der Waals surface area contributed by atoms with Crippen molar-refractivity contribution in [3.63, 3.8) is 0 Å². The molecule has 0 aliphatic carbocycles. The van der Waals surface area contributed by atoms with Gasteiger partial charge in [0.05, 0.1) is 37.8 Å². The SMILES string of the molecule is CN=c1scc(-c2ccc(OC)cc2OC)n1/N=C\c1ccc(C#N)cc1. The van der Waals surface area contributed by atoms with E-state index in [1.165, 1.54) is 11.3 Å². The minimum atomic E-state index is 0.614. The minimum Gasteiger partial charge on any atom is -0.497 e. The fourth-order valence-corrected chi connectivity index (χ4v) is 3.32. The van der Waals surface area contributed by atoms with Crippen LogP contribution >= 0.6 is 11.3 Å². The zero-order chi connectivity index (χ0) is 19.2. The average molecular weight is 378 g/mol. The molecule has 0 radical (unpaired) electrons. The van der Waals surface area contributed by atoms with Gasteiger partial charge in [-0.25, -0.2) is 4.68 Å². The highest BCUT2D eigenvalue weighted by atomic mass is 32.1. The predicted octanol–water partition coefficient (Wildman–Crippen LogP) is 3.52. The lowest BCUT2D eigenvalue weighted by atomic mass is 10.1. The first-order valence-corrected chi connectivity index (χ1v) is 8.98. The Kier molecular flexibility index (Phi) is 5.69. The van der Waals surface area contributed by atoms with Crippen LogP contribution in [0.25, 0.3) is 11.3 Å². The first kappa shape index (κ1) is 18.4. The molecule has 7 heteroatoms. The zero-order valence-electron chi connectivity index (χ0n) is 15.2. The standard InChI is InChI=1S/C20H18N4O2S/c1-22-20-24(23-12-15-6-4-14(11-21)5-7-15)18(13-27-20)17-9-8-16(25-2)10-19(17)26-3/h4-10,12-13H,1-3H3/b22-20?,23-12-. The summed E-state index contributed by atoms with van der Waals surface area (Å²) in [5.41, 5.74) is 3.26. The number of methoxy groups -OCH3 is 2. The van der Waals surface area contributed by atoms with Crippen LogP contribution in [0.5, 0.6) is 11.5 Å². The van der Waals surface area contributed by atoms with Crippen molar-refractivity contribution in [2.45, 2.75) is 0 Å². The van der Waals surface area contributed by atoms with Crippen molar-refractivity contribution in [3.8, 4) is 28.8 Å². The second-order valence-corrected chi connectivity index (χ2v) is 6.32. The van der Waals surface area contributed by atoms with Crippen LogP contribution in [0.3, 0.4) is 0 Å². The average Bonchev–Trinajstić information content (AvgIpc) is 3.14. The highest BCUT2D eigenvalue weighted by Gasteiger charge is 2.13. The van der Waals surface area contributed by atoms with Gasteiger partial charge in [0.25, 0.3) is 0 Å². The summed E-state index contributed by atoms with van der Waals surface area (Å²) in [6.07, 6.45) is 1.74. The van der Waals surface area contributed by atoms with Crippen molar-refractivity contribution >= 4 is 17.6 Å². The van der Waals surface area contributed by atoms with E-state index in [0.29, 0.717) is 11.3 Å². The summed E-state index contributed by atoms with van der Waals surface area (Å²) in [5, 5.41) is 15.5. The van der Waals surface area contributed by atoms with Gasteiger partial charge in [0, 0.05) is 24.1 Å². The Bertz CT molecular complexity index is 1070. The molecule has 0 unspecified atom stereocenters. The highest BCUT2D eigenvalue weighted by Crippen LogP contribution is 2.33. The van der Waals surface area contributed by atoms with Crippen LogP contribution < -0.4 is 14.3 Å². The number of nitrogens with zero attached hydrogens (tertiary/aromatic N) is 4. The van der Waals surface area contributed by atoms with Crippen LogP contribution in [-0.4, -0.2) is 32.2 Å². The van der Waals surface area contributed by atoms with Gasteiger partial charge in [-0.15, -0.1) is 11.3 Å². The van der Waals surface area contributed by atoms with Crippen LogP contribution in [0.15, 0.2) is 57.9 Å². The van der Waals surface area contributed by atoms with Gasteiger partial charge in [0.15, 0.2) is 0 Å². The summed E-state index contributed by atoms with van der Waals surface area (Å²) in [4.78, 5) is 5.06. The third-order valence-corrected chi connectivity index (χ3v) is 4.83. The topological polar surface area (TPSA) is 71.9 Å². The molecule has 3 rings (SSSR count). The number of hydrogen-bond acceptors (Lipinski definition) is 6. The fraction of sp³-hybridized carbons (Fsp3) is 0.150. The van der Waals surface area contributed by atoms with E-state index < -0.39 is 0 Å². The molecule has 0 N–H and O–H groups in total. The third kappa shape index (κ3) is 3.91. The minimum absolute atomic E-state index is 0.614. The molecular weight excluding hydrogens is 360 g/mol. The number of rotatable bonds is 5. The highest BCUT2D eigenvalue weighted by molar-refractivity contribution is 7.07. The molecule has 0 amide bonds. The molecule has 0 saturated carbocycles. The first-order valence-electron chi connectivity index (χ1n) is 8.10. The molecular formula is C20H18N4O2S. The summed E-state index contributed by atoms with van der Waals surface area (Å²) < 4.78 is 12.6. The van der Waals surface area contributed by atoms with E-state index in [1.807, 2.05) is 35.7 Å². The maximum atomic E-state index is 8.91. The monoisotopic (exact) mass is 378 g/mol. The van der Waals surface area contributed by atoms with Crippen LogP contribution in [0.2, 0.25) is 0 Å². The van der Waals surface area contributed by atoms with E-state index in [9.17, 15) is 0 Å². The van der Waals surface area contributed by atoms with E-state index in [4.69, 9.17) is 14.7 Å². The third-order valence-electron chi connectivity index (χ3n) is 3.92. The molecule has 0 atom stereocenters. The number of ether oxygens (including phenoxy) is 2. The Morgan fingerprint density at radius 1 is 1.11 bits per heavy atom. The lowest BCUT2D eigenvalue weighted by Crippen LogP contribution is -2.11. The van der Waals surface area contributed by atoms with Gasteiger partial charge >= 0.3 is 0 Å². The Labute approximate surface area is 161 Å². The Morgan fingerprint density at radius 3 is 2.52 bits per heavy atom. The molecule has 3 aromatic rings. The van der Waals surface area contributed by atoms with E-state index in [-0.39, 0.29) is 0 Å². The first-order chi connectivity index (χ1) is 13.2. The summed E-state index contributed by atoms with van der Waals surface area (Å²) >= 11 is 1.49. The van der Waals surface area contributed by atoms with Crippen molar-refractivity contribution < 1.29 is 9.47 Å². The smallest absolute Gasteiger partial charge is 0.205 e. The van der Waals surface area contributed by atoms with Gasteiger partial charge in [-0.1, -0.05) is 12.1 Å². The lowest BCUT2D eigenvalue weighted by Gasteiger charge is -2.10. The van der Waals surface area contributed by atoms with Crippen molar-refractivity contribution in [3.05, 3.63) is 63.8 Å². The second kappa shape index (κ2) is 8.34. The van der Waals surface area contributed by atoms with Gasteiger partial charge in [0.2, 0.25) is 4.80 Å². The molecule has 0 aliphatic rings. The summed E-state index contributed by atoms with van der Waals surface area (Å²) in [6, 6.07) is 15.0. The van der Waals surface area contributed by atoms with Gasteiger partial charge in [-0.05, 0) is 29.8 Å². The van der Waals surface area contributed by atoms with Crippen LogP contribution in [0, 0.1) is 11.3 Å². The summed E-state index contributed by atoms with van der Waals surface area (Å²) in [5.74, 6) is 1.41. The Balaban J connectivity index is 2.06. The lowest BCUT2D eigenvalue weighted by molar-refractivity contribution is 0.395. The quantitative estimate of drug-likeness (QED) is 0.638. The predicted molar refractivity (Wildman–Crippen MR) is 106 cm³/mol. The number of hydrogen-bond donors (Lipinski definition) is 0. The van der Waals surface area contributed by atoms with Crippen molar-refractivity contribution in [1.29, 1.82) is 5.26 Å². The molecule has 2 aromatic carbocycles. The van der Waals surface area contributed by atoms with Crippen LogP contribution in [0.4, 0.5) is 0 Å². The fourth-order valence-electron chi connectivity index (χ4n) is 2.53. The van der Waals surface area contributed by atoms with Gasteiger partial charge in [-0.2, -0.15) is 10.4 Å². The van der Waals surface area contributed by atoms with E-state index in [1.54, 1.807) is 44.3 Å². The van der Waals surface area contributed by atoms with E-state index in [0.717, 1.165) is 27.4 Å². The molecule has 0 saturated heterocycles. The molecule has 6 nitrogen and oxygen atoms in total. The molecule has 0 aliphatic heterocycles. The molecule has 0 bridgehead atoms. The van der Waals surface area contributed by atoms with Gasteiger partial charge in [-0.3, -0.25) is 4.99 Å². The van der Waals surface area contributed by atoms with Crippen molar-refractivity contribution in [1.82, 2.24) is 4.68 Å². The maximum absolute atomic E-state index is 8.91.